The molecular formula is C16H24B8WY. The smallest absolute Gasteiger partial charge is 0 e. The Morgan fingerprint density at radius 1 is 0.462 bits per heavy atom. The van der Waals surface area contributed by atoms with Crippen LogP contribution in [0.2, 0.25) is 0 Å². The molecule has 0 saturated heterocycles. The van der Waals surface area contributed by atoms with Gasteiger partial charge in [0.25, 0.3) is 0 Å². The van der Waals surface area contributed by atoms with Crippen LogP contribution in [-0.2, 0) is 53.8 Å². The van der Waals surface area contributed by atoms with Gasteiger partial charge in [0.05, 0.1) is 0 Å². The maximum Gasteiger partial charge on any atom is 0 e. The molecular weight excluding hydrogens is 551 g/mol. The Morgan fingerprint density at radius 2 is 0.654 bits per heavy atom. The molecule has 0 aliphatic rings. The zero-order valence-corrected chi connectivity index (χ0v) is 17.5. The molecule has 0 spiro atoms. The molecule has 0 unspecified atom stereocenters. The zero-order chi connectivity index (χ0) is 8.36. The largest absolute Gasteiger partial charge is 0.106 e. The normalized spacial score (nSPS) is 1.54. The third kappa shape index (κ3) is 196. The summed E-state index contributed by atoms with van der Waals surface area (Å²) in [5, 5.41) is 0. The van der Waals surface area contributed by atoms with E-state index in [2.05, 4.69) is 53.3 Å². The monoisotopic (exact) mass is 577 g/mol. The Balaban J connectivity index is -0.00000000476. The number of hydrogen-bond donors (Lipinski definition) is 0. The van der Waals surface area contributed by atoms with E-state index in [0.29, 0.717) is 0 Å². The Labute approximate surface area is 223 Å². The molecule has 10 heteroatoms. The maximum atomic E-state index is 4.84. The fourth-order valence-corrected chi connectivity index (χ4v) is 0.255. The van der Waals surface area contributed by atoms with Crippen LogP contribution in [0.5, 0.6) is 0 Å². The maximum absolute atomic E-state index is 4.84. The van der Waals surface area contributed by atoms with E-state index < -0.39 is 0 Å². The molecule has 25 radical (unpaired) electrons. The average molecular weight is 576 g/mol. The third-order valence-corrected chi connectivity index (χ3v) is 0.572. The minimum Gasteiger partial charge on any atom is -0.106 e. The molecule has 0 nitrogen and oxygen atoms in total. The fourth-order valence-electron chi connectivity index (χ4n) is 0.255. The van der Waals surface area contributed by atoms with Crippen LogP contribution in [0.3, 0.4) is 0 Å². The van der Waals surface area contributed by atoms with Gasteiger partial charge in [-0.25, -0.2) is 0 Å². The first-order valence-electron chi connectivity index (χ1n) is 2.79. The summed E-state index contributed by atoms with van der Waals surface area (Å²) >= 11 is 0. The van der Waals surface area contributed by atoms with Crippen LogP contribution in [0.25, 0.3) is 0 Å². The Bertz CT molecular complexity index is 421. The van der Waals surface area contributed by atoms with Gasteiger partial charge in [-0.2, -0.15) is 0 Å². The van der Waals surface area contributed by atoms with Gasteiger partial charge in [0.2, 0.25) is 0 Å². The van der Waals surface area contributed by atoms with Crippen LogP contribution in [0.15, 0.2) is 0 Å². The number of rotatable bonds is 0. The van der Waals surface area contributed by atoms with E-state index in [0.717, 1.165) is 0 Å². The molecule has 0 aliphatic carbocycles. The fraction of sp³-hybridized carbons (Fsp3) is 0.375. The molecule has 26 heavy (non-hydrogen) atoms. The van der Waals surface area contributed by atoms with Crippen LogP contribution < -0.4 is 0 Å². The van der Waals surface area contributed by atoms with Gasteiger partial charge in [0.15, 0.2) is 0 Å². The number of hydrogen-bond acceptors (Lipinski definition) is 0. The quantitative estimate of drug-likeness (QED) is 0.296. The van der Waals surface area contributed by atoms with Crippen molar-refractivity contribution in [1.82, 2.24) is 0 Å². The molecule has 0 aromatic carbocycles. The predicted molar refractivity (Wildman–Crippen MR) is 125 cm³/mol. The molecule has 0 aromatic rings. The van der Waals surface area contributed by atoms with Gasteiger partial charge in [-0.1, -0.05) is 43.1 Å². The zero-order valence-electron chi connectivity index (χ0n) is 11.7. The van der Waals surface area contributed by atoms with E-state index in [-0.39, 0.29) is 158 Å². The SMILES string of the molecule is C.C.C.C.C.C#CC#CC#CC#CC#CC.[B].[B].[B].[B].[B].[B].[B].[B].[W].[Y]. The summed E-state index contributed by atoms with van der Waals surface area (Å²) in [5.74, 6) is 22.0. The first-order valence-corrected chi connectivity index (χ1v) is 2.79. The van der Waals surface area contributed by atoms with Gasteiger partial charge in [0.1, 0.15) is 0 Å². The second-order valence-corrected chi connectivity index (χ2v) is 1.27. The van der Waals surface area contributed by atoms with Crippen molar-refractivity contribution < 1.29 is 53.8 Å². The molecule has 0 amide bonds. The standard InChI is InChI=1S/C11H4.5CH4.8B.W.Y/c1-3-5-7-9-11-10-8-6-4-2;;;;;;;;;;;;;;;/h1H,2H3;5*1H4;;;;;;;;;;. The molecule has 0 aliphatic heterocycles. The topological polar surface area (TPSA) is 0 Å². The van der Waals surface area contributed by atoms with Crippen molar-refractivity contribution in [3.8, 4) is 59.7 Å². The minimum absolute atomic E-state index is 0. The van der Waals surface area contributed by atoms with Gasteiger partial charge < -0.3 is 0 Å². The predicted octanol–water partition coefficient (Wildman–Crippen LogP) is 0.782. The van der Waals surface area contributed by atoms with Crippen LogP contribution >= 0.6 is 0 Å². The molecule has 121 valence electrons. The molecule has 0 rings (SSSR count). The summed E-state index contributed by atoms with van der Waals surface area (Å²) in [6, 6.07) is 0. The van der Waals surface area contributed by atoms with Gasteiger partial charge in [-0.3, -0.25) is 0 Å². The van der Waals surface area contributed by atoms with Gasteiger partial charge >= 0.3 is 0 Å². The van der Waals surface area contributed by atoms with Crippen molar-refractivity contribution in [3.63, 3.8) is 0 Å². The molecule has 0 bridgehead atoms. The summed E-state index contributed by atoms with van der Waals surface area (Å²) in [4.78, 5) is 0. The van der Waals surface area contributed by atoms with Gasteiger partial charge in [-0.15, -0.1) is 6.42 Å². The molecule has 0 N–H and O–H groups in total. The van der Waals surface area contributed by atoms with E-state index in [1.165, 1.54) is 0 Å². The number of terminal acetylenes is 1. The summed E-state index contributed by atoms with van der Waals surface area (Å²) in [6.45, 7) is 1.71. The summed E-state index contributed by atoms with van der Waals surface area (Å²) in [7, 11) is 0. The summed E-state index contributed by atoms with van der Waals surface area (Å²) < 4.78 is 0. The summed E-state index contributed by atoms with van der Waals surface area (Å²) in [6.07, 6.45) is 4.84. The molecule has 0 fully saturated rings. The van der Waals surface area contributed by atoms with Crippen molar-refractivity contribution in [3.05, 3.63) is 0 Å². The molecule has 0 heterocycles. The Hall–Kier alpha value is 0.112. The van der Waals surface area contributed by atoms with Gasteiger partial charge in [-0.05, 0) is 54.3 Å². The first kappa shape index (κ1) is 161. The van der Waals surface area contributed by atoms with Crippen molar-refractivity contribution in [2.75, 3.05) is 0 Å². The average Bonchev–Trinajstić information content (AvgIpc) is 2.03. The Morgan fingerprint density at radius 3 is 0.846 bits per heavy atom. The van der Waals surface area contributed by atoms with E-state index in [1.807, 2.05) is 0 Å². The molecule has 0 saturated carbocycles. The van der Waals surface area contributed by atoms with Crippen LogP contribution in [-0.4, -0.2) is 67.3 Å². The van der Waals surface area contributed by atoms with Gasteiger partial charge in [0, 0.05) is 121 Å². The van der Waals surface area contributed by atoms with E-state index in [9.17, 15) is 0 Å². The summed E-state index contributed by atoms with van der Waals surface area (Å²) in [5.41, 5.74) is 0. The van der Waals surface area contributed by atoms with E-state index in [4.69, 9.17) is 6.42 Å². The minimum atomic E-state index is 0. The van der Waals surface area contributed by atoms with Crippen LogP contribution in [0.4, 0.5) is 0 Å². The first-order chi connectivity index (χ1) is 5.41. The van der Waals surface area contributed by atoms with Crippen molar-refractivity contribution in [2.45, 2.75) is 44.1 Å². The molecule has 0 aromatic heterocycles. The van der Waals surface area contributed by atoms with Crippen molar-refractivity contribution in [2.24, 2.45) is 0 Å². The van der Waals surface area contributed by atoms with E-state index in [1.54, 1.807) is 6.92 Å². The second kappa shape index (κ2) is 176. The van der Waals surface area contributed by atoms with Crippen molar-refractivity contribution >= 4 is 67.3 Å². The second-order valence-electron chi connectivity index (χ2n) is 1.27. The van der Waals surface area contributed by atoms with Crippen molar-refractivity contribution in [1.29, 1.82) is 0 Å². The Kier molecular flexibility index (Phi) is 1090. The van der Waals surface area contributed by atoms with E-state index >= 15 is 0 Å². The van der Waals surface area contributed by atoms with Crippen LogP contribution in [0.1, 0.15) is 44.1 Å². The van der Waals surface area contributed by atoms with Crippen LogP contribution in [0, 0.1) is 59.7 Å². The third-order valence-electron chi connectivity index (χ3n) is 0.572. The molecule has 0 atom stereocenters.